The van der Waals surface area contributed by atoms with Gasteiger partial charge in [-0.2, -0.15) is 0 Å². The quantitative estimate of drug-likeness (QED) is 0.597. The zero-order valence-corrected chi connectivity index (χ0v) is 6.36. The smallest absolute Gasteiger partial charge is 0.185 e. The molecule has 0 aromatic rings. The van der Waals surface area contributed by atoms with E-state index in [-0.39, 0.29) is 5.12 Å². The molecule has 0 amide bonds. The first-order valence-electron chi connectivity index (χ1n) is 3.51. The van der Waals surface area contributed by atoms with Crippen molar-refractivity contribution in [3.8, 4) is 0 Å². The Morgan fingerprint density at radius 3 is 2.67 bits per heavy atom. The van der Waals surface area contributed by atoms with Crippen molar-refractivity contribution in [1.29, 1.82) is 0 Å². The molecule has 0 N–H and O–H groups in total. The van der Waals surface area contributed by atoms with Gasteiger partial charge in [0.1, 0.15) is 0 Å². The van der Waals surface area contributed by atoms with Crippen LogP contribution in [0.15, 0.2) is 0 Å². The van der Waals surface area contributed by atoms with Gasteiger partial charge >= 0.3 is 0 Å². The lowest BCUT2D eigenvalue weighted by Crippen LogP contribution is -1.86. The summed E-state index contributed by atoms with van der Waals surface area (Å²) in [5.41, 5.74) is 0. The lowest BCUT2D eigenvalue weighted by atomic mass is 10.2. The van der Waals surface area contributed by atoms with E-state index < -0.39 is 0 Å². The maximum absolute atomic E-state index is 10.3. The predicted octanol–water partition coefficient (Wildman–Crippen LogP) is 2.02. The highest BCUT2D eigenvalue weighted by atomic mass is 32.1. The summed E-state index contributed by atoms with van der Waals surface area (Å²) in [6, 6.07) is 0. The van der Waals surface area contributed by atoms with E-state index in [1.54, 1.807) is 0 Å². The second kappa shape index (κ2) is 3.25. The fraction of sp³-hybridized carbons (Fsp3) is 0.857. The molecule has 9 heavy (non-hydrogen) atoms. The first-order chi connectivity index (χ1) is 4.29. The normalized spacial score (nSPS) is 17.9. The molecule has 0 atom stereocenters. The third-order valence-electron chi connectivity index (χ3n) is 1.70. The summed E-state index contributed by atoms with van der Waals surface area (Å²) in [6.45, 7) is 0. The van der Waals surface area contributed by atoms with Crippen LogP contribution in [0.3, 0.4) is 0 Å². The molecule has 0 unspecified atom stereocenters. The van der Waals surface area contributed by atoms with Gasteiger partial charge in [-0.05, 0) is 18.8 Å². The number of rotatable bonds is 4. The lowest BCUT2D eigenvalue weighted by Gasteiger charge is -1.92. The van der Waals surface area contributed by atoms with Gasteiger partial charge < -0.3 is 0 Å². The number of hydrogen-bond acceptors (Lipinski definition) is 1. The van der Waals surface area contributed by atoms with E-state index in [1.165, 1.54) is 19.3 Å². The first kappa shape index (κ1) is 7.13. The standard InChI is InChI=1S/C7H12OS/c8-7(9)3-1-2-6-4-5-6/h6H,1-5H2,(H,8,9). The second-order valence-corrected chi connectivity index (χ2v) is 3.23. The van der Waals surface area contributed by atoms with Crippen molar-refractivity contribution in [3.63, 3.8) is 0 Å². The molecular weight excluding hydrogens is 132 g/mol. The van der Waals surface area contributed by atoms with Crippen LogP contribution < -0.4 is 0 Å². The van der Waals surface area contributed by atoms with E-state index in [0.717, 1.165) is 12.3 Å². The monoisotopic (exact) mass is 144 g/mol. The third kappa shape index (κ3) is 3.57. The SMILES string of the molecule is O=C(S)CCCC1CC1. The van der Waals surface area contributed by atoms with Gasteiger partial charge in [0.15, 0.2) is 5.12 Å². The Balaban J connectivity index is 1.86. The molecule has 1 nitrogen and oxygen atoms in total. The summed E-state index contributed by atoms with van der Waals surface area (Å²) < 4.78 is 0. The molecule has 0 aliphatic heterocycles. The zero-order chi connectivity index (χ0) is 6.69. The highest BCUT2D eigenvalue weighted by molar-refractivity contribution is 7.96. The van der Waals surface area contributed by atoms with E-state index in [4.69, 9.17) is 0 Å². The van der Waals surface area contributed by atoms with Gasteiger partial charge in [-0.15, -0.1) is 12.6 Å². The van der Waals surface area contributed by atoms with Crippen LogP contribution in [-0.4, -0.2) is 5.12 Å². The number of carbonyl (C=O) groups excluding carboxylic acids is 1. The van der Waals surface area contributed by atoms with E-state index in [0.29, 0.717) is 6.42 Å². The van der Waals surface area contributed by atoms with Gasteiger partial charge in [0.05, 0.1) is 0 Å². The second-order valence-electron chi connectivity index (χ2n) is 2.73. The van der Waals surface area contributed by atoms with Crippen molar-refractivity contribution in [2.24, 2.45) is 5.92 Å². The van der Waals surface area contributed by atoms with Crippen molar-refractivity contribution in [2.75, 3.05) is 0 Å². The molecule has 0 saturated heterocycles. The Kier molecular flexibility index (Phi) is 2.58. The molecule has 1 aliphatic rings. The van der Waals surface area contributed by atoms with Gasteiger partial charge in [-0.3, -0.25) is 4.79 Å². The van der Waals surface area contributed by atoms with E-state index in [2.05, 4.69) is 12.6 Å². The summed E-state index contributed by atoms with van der Waals surface area (Å²) >= 11 is 3.68. The Labute approximate surface area is 61.2 Å². The van der Waals surface area contributed by atoms with Crippen molar-refractivity contribution in [3.05, 3.63) is 0 Å². The molecule has 0 spiro atoms. The Morgan fingerprint density at radius 2 is 2.22 bits per heavy atom. The molecule has 0 aromatic carbocycles. The van der Waals surface area contributed by atoms with Crippen molar-refractivity contribution in [1.82, 2.24) is 0 Å². The average molecular weight is 144 g/mol. The molecule has 1 saturated carbocycles. The fourth-order valence-electron chi connectivity index (χ4n) is 0.948. The van der Waals surface area contributed by atoms with Gasteiger partial charge in [-0.1, -0.05) is 12.8 Å². The number of thiol groups is 1. The maximum Gasteiger partial charge on any atom is 0.185 e. The highest BCUT2D eigenvalue weighted by Gasteiger charge is 2.20. The summed E-state index contributed by atoms with van der Waals surface area (Å²) in [5.74, 6) is 0.956. The summed E-state index contributed by atoms with van der Waals surface area (Å²) in [5, 5.41) is 0.0376. The minimum Gasteiger partial charge on any atom is -0.288 e. The molecular formula is C7H12OS. The summed E-state index contributed by atoms with van der Waals surface area (Å²) in [6.07, 6.45) is 5.74. The van der Waals surface area contributed by atoms with Crippen molar-refractivity contribution < 1.29 is 4.79 Å². The molecule has 0 aromatic heterocycles. The average Bonchev–Trinajstić information content (AvgIpc) is 2.48. The van der Waals surface area contributed by atoms with Crippen LogP contribution in [0, 0.1) is 5.92 Å². The van der Waals surface area contributed by atoms with Gasteiger partial charge in [0.2, 0.25) is 0 Å². The van der Waals surface area contributed by atoms with E-state index in [9.17, 15) is 4.79 Å². The molecule has 0 bridgehead atoms. The molecule has 0 radical (unpaired) electrons. The van der Waals surface area contributed by atoms with E-state index in [1.807, 2.05) is 0 Å². The molecule has 1 fully saturated rings. The Bertz CT molecular complexity index is 107. The largest absolute Gasteiger partial charge is 0.288 e. The molecule has 0 heterocycles. The van der Waals surface area contributed by atoms with Crippen LogP contribution in [0.4, 0.5) is 0 Å². The van der Waals surface area contributed by atoms with E-state index >= 15 is 0 Å². The lowest BCUT2D eigenvalue weighted by molar-refractivity contribution is -0.110. The van der Waals surface area contributed by atoms with Gasteiger partial charge in [0.25, 0.3) is 0 Å². The minimum absolute atomic E-state index is 0.0376. The molecule has 1 aliphatic carbocycles. The zero-order valence-electron chi connectivity index (χ0n) is 5.47. The molecule has 2 heteroatoms. The Morgan fingerprint density at radius 1 is 1.56 bits per heavy atom. The van der Waals surface area contributed by atoms with Crippen molar-refractivity contribution in [2.45, 2.75) is 32.1 Å². The predicted molar refractivity (Wildman–Crippen MR) is 40.6 cm³/mol. The summed E-state index contributed by atoms with van der Waals surface area (Å²) in [7, 11) is 0. The van der Waals surface area contributed by atoms with Crippen LogP contribution in [-0.2, 0) is 4.79 Å². The van der Waals surface area contributed by atoms with Crippen LogP contribution in [0.25, 0.3) is 0 Å². The van der Waals surface area contributed by atoms with Crippen LogP contribution in [0.2, 0.25) is 0 Å². The van der Waals surface area contributed by atoms with Crippen LogP contribution >= 0.6 is 12.6 Å². The minimum atomic E-state index is 0.0376. The number of hydrogen-bond donors (Lipinski definition) is 1. The third-order valence-corrected chi connectivity index (χ3v) is 1.92. The molecule has 52 valence electrons. The van der Waals surface area contributed by atoms with Gasteiger partial charge in [-0.25, -0.2) is 0 Å². The van der Waals surface area contributed by atoms with Gasteiger partial charge in [0, 0.05) is 6.42 Å². The maximum atomic E-state index is 10.3. The summed E-state index contributed by atoms with van der Waals surface area (Å²) in [4.78, 5) is 10.3. The topological polar surface area (TPSA) is 17.1 Å². The Hall–Kier alpha value is 0.0200. The number of carbonyl (C=O) groups is 1. The fourth-order valence-corrected chi connectivity index (χ4v) is 1.11. The van der Waals surface area contributed by atoms with Crippen LogP contribution in [0.1, 0.15) is 32.1 Å². The molecule has 1 rings (SSSR count). The highest BCUT2D eigenvalue weighted by Crippen LogP contribution is 2.33. The van der Waals surface area contributed by atoms with Crippen molar-refractivity contribution >= 4 is 17.7 Å². The first-order valence-corrected chi connectivity index (χ1v) is 3.95. The van der Waals surface area contributed by atoms with Crippen LogP contribution in [0.5, 0.6) is 0 Å².